The molecule has 2 fully saturated rings. The van der Waals surface area contributed by atoms with Crippen LogP contribution in [0.3, 0.4) is 0 Å². The van der Waals surface area contributed by atoms with Crippen LogP contribution in [0.2, 0.25) is 0 Å². The molecule has 2 aromatic carbocycles. The van der Waals surface area contributed by atoms with E-state index in [2.05, 4.69) is 12.2 Å². The maximum atomic E-state index is 13.9. The Labute approximate surface area is 222 Å². The van der Waals surface area contributed by atoms with Gasteiger partial charge in [0.05, 0.1) is 19.4 Å². The number of nitrogens with one attached hydrogen (secondary N) is 1. The van der Waals surface area contributed by atoms with Crippen molar-refractivity contribution in [3.05, 3.63) is 94.9 Å². The number of aryl methyl sites for hydroxylation is 2. The number of furan rings is 1. The lowest BCUT2D eigenvalue weighted by Crippen LogP contribution is -2.59. The first kappa shape index (κ1) is 25.7. The van der Waals surface area contributed by atoms with E-state index in [0.29, 0.717) is 42.8 Å². The van der Waals surface area contributed by atoms with Crippen LogP contribution in [0.1, 0.15) is 57.4 Å². The van der Waals surface area contributed by atoms with E-state index in [0.717, 1.165) is 12.0 Å². The highest BCUT2D eigenvalue weighted by molar-refractivity contribution is 5.99. The van der Waals surface area contributed by atoms with Crippen molar-refractivity contribution in [2.24, 2.45) is 0 Å². The first-order valence-electron chi connectivity index (χ1n) is 13.1. The molecule has 3 amide bonds. The van der Waals surface area contributed by atoms with Gasteiger partial charge in [-0.15, -0.1) is 0 Å². The van der Waals surface area contributed by atoms with Crippen LogP contribution in [0, 0.1) is 6.92 Å². The molecular formula is C30H33N3O5. The molecule has 8 heteroatoms. The fraction of sp³-hybridized carbons (Fsp3) is 0.367. The van der Waals surface area contributed by atoms with Crippen LogP contribution >= 0.6 is 0 Å². The van der Waals surface area contributed by atoms with E-state index < -0.39 is 11.8 Å². The zero-order valence-electron chi connectivity index (χ0n) is 21.8. The number of hydrogen-bond donors (Lipinski definition) is 1. The van der Waals surface area contributed by atoms with Crippen molar-refractivity contribution in [1.29, 1.82) is 0 Å². The van der Waals surface area contributed by atoms with E-state index in [4.69, 9.17) is 9.15 Å². The molecule has 0 radical (unpaired) electrons. The van der Waals surface area contributed by atoms with Gasteiger partial charge >= 0.3 is 0 Å². The Hall–Kier alpha value is -3.91. The van der Waals surface area contributed by atoms with Crippen molar-refractivity contribution in [2.45, 2.75) is 51.4 Å². The van der Waals surface area contributed by atoms with Gasteiger partial charge in [0.1, 0.15) is 17.5 Å². The zero-order valence-corrected chi connectivity index (χ0v) is 21.8. The molecule has 0 saturated carbocycles. The van der Waals surface area contributed by atoms with Crippen LogP contribution < -0.4 is 5.32 Å². The molecule has 38 heavy (non-hydrogen) atoms. The lowest BCUT2D eigenvalue weighted by molar-refractivity contribution is -0.128. The number of ether oxygens (including phenoxy) is 1. The van der Waals surface area contributed by atoms with E-state index in [1.165, 1.54) is 5.56 Å². The third-order valence-corrected chi connectivity index (χ3v) is 7.51. The number of rotatable bonds is 6. The van der Waals surface area contributed by atoms with Gasteiger partial charge in [-0.2, -0.15) is 0 Å². The van der Waals surface area contributed by atoms with Crippen molar-refractivity contribution in [3.63, 3.8) is 0 Å². The normalized spacial score (nSPS) is 18.5. The Kier molecular flexibility index (Phi) is 7.33. The topological polar surface area (TPSA) is 92.1 Å². The van der Waals surface area contributed by atoms with Crippen LogP contribution in [-0.4, -0.2) is 59.0 Å². The molecule has 1 N–H and O–H groups in total. The molecule has 5 rings (SSSR count). The summed E-state index contributed by atoms with van der Waals surface area (Å²) in [5.41, 5.74) is 2.33. The van der Waals surface area contributed by atoms with Crippen LogP contribution in [0.4, 0.5) is 0 Å². The fourth-order valence-corrected chi connectivity index (χ4v) is 5.31. The van der Waals surface area contributed by atoms with Crippen molar-refractivity contribution < 1.29 is 23.5 Å². The average molecular weight is 516 g/mol. The van der Waals surface area contributed by atoms with Crippen molar-refractivity contribution >= 4 is 17.7 Å². The number of hydrogen-bond acceptors (Lipinski definition) is 5. The third-order valence-electron chi connectivity index (χ3n) is 7.51. The second-order valence-electron chi connectivity index (χ2n) is 9.96. The summed E-state index contributed by atoms with van der Waals surface area (Å²) in [6.07, 6.45) is 3.31. The Bertz CT molecular complexity index is 1290. The molecule has 3 aromatic rings. The number of carbonyl (C=O) groups is 3. The average Bonchev–Trinajstić information content (AvgIpc) is 3.60. The molecule has 1 aromatic heterocycles. The maximum absolute atomic E-state index is 13.9. The Morgan fingerprint density at radius 1 is 0.974 bits per heavy atom. The summed E-state index contributed by atoms with van der Waals surface area (Å²) in [7, 11) is 0. The minimum Gasteiger partial charge on any atom is -0.467 e. The first-order chi connectivity index (χ1) is 18.4. The van der Waals surface area contributed by atoms with Gasteiger partial charge in [-0.1, -0.05) is 36.8 Å². The van der Waals surface area contributed by atoms with Crippen LogP contribution in [0.15, 0.2) is 71.3 Å². The second kappa shape index (κ2) is 10.8. The van der Waals surface area contributed by atoms with Crippen LogP contribution in [0.25, 0.3) is 0 Å². The summed E-state index contributed by atoms with van der Waals surface area (Å²) in [5, 5.41) is 2.88. The lowest BCUT2D eigenvalue weighted by Gasteiger charge is -2.44. The van der Waals surface area contributed by atoms with Crippen molar-refractivity contribution in [1.82, 2.24) is 15.1 Å². The Morgan fingerprint density at radius 3 is 2.39 bits per heavy atom. The third kappa shape index (κ3) is 5.09. The van der Waals surface area contributed by atoms with E-state index >= 15 is 0 Å². The molecule has 1 atom stereocenters. The SMILES string of the molecule is CCc1ccc(C(=O)N2CCC3(CC2)OC[C@@H](C(=O)NCc2ccco2)N3C(=O)c2cccc(C)c2)cc1. The Balaban J connectivity index is 1.35. The highest BCUT2D eigenvalue weighted by atomic mass is 16.5. The quantitative estimate of drug-likeness (QED) is 0.537. The zero-order chi connectivity index (χ0) is 26.7. The van der Waals surface area contributed by atoms with Crippen molar-refractivity contribution in [2.75, 3.05) is 19.7 Å². The fourth-order valence-electron chi connectivity index (χ4n) is 5.31. The Morgan fingerprint density at radius 2 is 1.74 bits per heavy atom. The number of benzene rings is 2. The predicted octanol–water partition coefficient (Wildman–Crippen LogP) is 3.94. The number of piperidine rings is 1. The monoisotopic (exact) mass is 515 g/mol. The van der Waals surface area contributed by atoms with Gasteiger partial charge in [0.25, 0.3) is 11.8 Å². The molecule has 3 heterocycles. The summed E-state index contributed by atoms with van der Waals surface area (Å²) in [4.78, 5) is 43.8. The number of carbonyl (C=O) groups excluding carboxylic acids is 3. The molecule has 8 nitrogen and oxygen atoms in total. The molecule has 0 aliphatic carbocycles. The lowest BCUT2D eigenvalue weighted by atomic mass is 9.95. The molecule has 2 aliphatic rings. The standard InChI is InChI=1S/C30H33N3O5/c1-3-22-9-11-23(12-10-22)28(35)32-15-13-30(14-16-32)33(29(36)24-7-4-6-21(2)18-24)26(20-38-30)27(34)31-19-25-8-5-17-37-25/h4-12,17-18,26H,3,13-16,19-20H2,1-2H3,(H,31,34)/t26-/m0/s1. The first-order valence-corrected chi connectivity index (χ1v) is 13.1. The van der Waals surface area contributed by atoms with Crippen molar-refractivity contribution in [3.8, 4) is 0 Å². The van der Waals surface area contributed by atoms with Crippen LogP contribution in [0.5, 0.6) is 0 Å². The van der Waals surface area contributed by atoms with Crippen LogP contribution in [-0.2, 0) is 22.5 Å². The van der Waals surface area contributed by atoms with E-state index in [-0.39, 0.29) is 30.9 Å². The summed E-state index contributed by atoms with van der Waals surface area (Å²) in [5.74, 6) is 0.0419. The van der Waals surface area contributed by atoms with Gasteiger partial charge in [-0.3, -0.25) is 19.3 Å². The molecule has 2 aliphatic heterocycles. The van der Waals surface area contributed by atoms with Gasteiger partial charge in [-0.25, -0.2) is 0 Å². The number of likely N-dealkylation sites (tertiary alicyclic amines) is 1. The smallest absolute Gasteiger partial charge is 0.256 e. The van der Waals surface area contributed by atoms with Gasteiger partial charge in [0, 0.05) is 37.1 Å². The predicted molar refractivity (Wildman–Crippen MR) is 141 cm³/mol. The minimum absolute atomic E-state index is 0.0372. The highest BCUT2D eigenvalue weighted by Gasteiger charge is 2.54. The molecule has 1 spiro atoms. The summed E-state index contributed by atoms with van der Waals surface area (Å²) >= 11 is 0. The van der Waals surface area contributed by atoms with E-state index in [1.54, 1.807) is 34.3 Å². The number of amides is 3. The van der Waals surface area contributed by atoms with Gasteiger partial charge in [0.15, 0.2) is 0 Å². The van der Waals surface area contributed by atoms with Gasteiger partial charge in [-0.05, 0) is 55.3 Å². The summed E-state index contributed by atoms with van der Waals surface area (Å²) < 4.78 is 11.6. The van der Waals surface area contributed by atoms with E-state index in [9.17, 15) is 14.4 Å². The molecule has 0 bridgehead atoms. The maximum Gasteiger partial charge on any atom is 0.256 e. The molecule has 2 saturated heterocycles. The van der Waals surface area contributed by atoms with Gasteiger partial charge in [0.2, 0.25) is 5.91 Å². The largest absolute Gasteiger partial charge is 0.467 e. The minimum atomic E-state index is -0.962. The molecule has 198 valence electrons. The highest BCUT2D eigenvalue weighted by Crippen LogP contribution is 2.39. The molecular weight excluding hydrogens is 482 g/mol. The second-order valence-corrected chi connectivity index (χ2v) is 9.96. The number of nitrogens with zero attached hydrogens (tertiary/aromatic N) is 2. The van der Waals surface area contributed by atoms with Gasteiger partial charge < -0.3 is 19.4 Å². The summed E-state index contributed by atoms with van der Waals surface area (Å²) in [6.45, 7) is 5.17. The molecule has 0 unspecified atom stereocenters. The summed E-state index contributed by atoms with van der Waals surface area (Å²) in [6, 6.07) is 17.8. The van der Waals surface area contributed by atoms with E-state index in [1.807, 2.05) is 49.4 Å².